The Kier molecular flexibility index (Phi) is 3.86. The monoisotopic (exact) mass is 384 g/mol. The zero-order chi connectivity index (χ0) is 19.3. The molecule has 2 aliphatic rings. The lowest BCUT2D eigenvalue weighted by Gasteiger charge is -2.25. The van der Waals surface area contributed by atoms with E-state index in [0.29, 0.717) is 41.5 Å². The molecule has 3 aromatic rings. The summed E-state index contributed by atoms with van der Waals surface area (Å²) < 4.78 is 21.3. The predicted molar refractivity (Wildman–Crippen MR) is 95.4 cm³/mol. The molecule has 1 amide bonds. The van der Waals surface area contributed by atoms with Crippen molar-refractivity contribution in [3.05, 3.63) is 47.7 Å². The number of nitrogens with zero attached hydrogens (tertiary/aromatic N) is 5. The number of rotatable bonds is 0. The molecule has 1 N–H and O–H groups in total. The summed E-state index contributed by atoms with van der Waals surface area (Å²) in [5.41, 5.74) is 1.34. The molecular formula is C18H17FN6O3. The van der Waals surface area contributed by atoms with Crippen molar-refractivity contribution in [2.75, 3.05) is 18.3 Å². The third-order valence-corrected chi connectivity index (χ3v) is 4.78. The van der Waals surface area contributed by atoms with Crippen LogP contribution in [0.1, 0.15) is 35.3 Å². The third kappa shape index (κ3) is 2.73. The van der Waals surface area contributed by atoms with Crippen LogP contribution in [-0.4, -0.2) is 44.7 Å². The summed E-state index contributed by atoms with van der Waals surface area (Å²) in [5.74, 6) is 0.0425. The zero-order valence-corrected chi connectivity index (χ0v) is 15.0. The Balaban J connectivity index is 1.69. The predicted octanol–water partition coefficient (Wildman–Crippen LogP) is 1.66. The van der Waals surface area contributed by atoms with Gasteiger partial charge in [0, 0.05) is 24.2 Å². The fourth-order valence-corrected chi connectivity index (χ4v) is 3.47. The first-order valence-electron chi connectivity index (χ1n) is 8.96. The number of pyridine rings is 1. The first-order valence-corrected chi connectivity index (χ1v) is 8.96. The van der Waals surface area contributed by atoms with E-state index in [-0.39, 0.29) is 24.6 Å². The van der Waals surface area contributed by atoms with Gasteiger partial charge < -0.3 is 10.1 Å². The molecule has 2 atom stereocenters. The Hall–Kier alpha value is -3.27. The molecule has 9 nitrogen and oxygen atoms in total. The summed E-state index contributed by atoms with van der Waals surface area (Å²) in [5, 5.41) is 8.66. The van der Waals surface area contributed by atoms with Gasteiger partial charge in [0.05, 0.1) is 31.1 Å². The van der Waals surface area contributed by atoms with Crippen LogP contribution in [0.3, 0.4) is 0 Å². The molecule has 0 spiro atoms. The molecule has 0 saturated carbocycles. The molecule has 5 rings (SSSR count). The Morgan fingerprint density at radius 2 is 2.25 bits per heavy atom. The van der Waals surface area contributed by atoms with Gasteiger partial charge in [0.15, 0.2) is 11.5 Å². The standard InChI is InChI=1S/C18H17FN6O3/c1-10-9-27-18-12(6-11(19)7-20-18)14-3-5-28-25(14)15-2-4-24-16(23-15)13(8-21-24)17(26)22-10/h2,4,6-8,10,14H,3,5,9H2,1H3,(H,22,26)/t10?,14-/m1/s1. The van der Waals surface area contributed by atoms with Crippen molar-refractivity contribution in [2.24, 2.45) is 0 Å². The Labute approximate surface area is 159 Å². The number of carbonyl (C=O) groups is 1. The number of aromatic nitrogens is 4. The van der Waals surface area contributed by atoms with Crippen LogP contribution >= 0.6 is 0 Å². The van der Waals surface area contributed by atoms with Crippen LogP contribution < -0.4 is 15.1 Å². The van der Waals surface area contributed by atoms with E-state index in [4.69, 9.17) is 9.57 Å². The zero-order valence-electron chi connectivity index (χ0n) is 15.0. The average molecular weight is 384 g/mol. The molecule has 10 heteroatoms. The quantitative estimate of drug-likeness (QED) is 0.630. The molecular weight excluding hydrogens is 367 g/mol. The van der Waals surface area contributed by atoms with E-state index < -0.39 is 5.82 Å². The number of hydroxylamine groups is 1. The summed E-state index contributed by atoms with van der Waals surface area (Å²) >= 11 is 0. The molecule has 28 heavy (non-hydrogen) atoms. The van der Waals surface area contributed by atoms with Crippen molar-refractivity contribution >= 4 is 17.4 Å². The van der Waals surface area contributed by atoms with Gasteiger partial charge in [0.2, 0.25) is 5.88 Å². The van der Waals surface area contributed by atoms with E-state index in [0.717, 1.165) is 6.20 Å². The molecule has 1 unspecified atom stereocenters. The summed E-state index contributed by atoms with van der Waals surface area (Å²) in [4.78, 5) is 27.1. The van der Waals surface area contributed by atoms with E-state index in [9.17, 15) is 9.18 Å². The SMILES string of the molecule is CC1COc2ncc(F)cc2[C@H]2CCON2c2ccn3ncc(c3n2)C(=O)N1. The van der Waals surface area contributed by atoms with Crippen LogP contribution in [0.15, 0.2) is 30.7 Å². The minimum atomic E-state index is -0.457. The van der Waals surface area contributed by atoms with Gasteiger partial charge >= 0.3 is 0 Å². The van der Waals surface area contributed by atoms with Gasteiger partial charge in [-0.2, -0.15) is 5.10 Å². The molecule has 0 radical (unpaired) electrons. The topological polar surface area (TPSA) is 93.9 Å². The maximum atomic E-state index is 14.0. The van der Waals surface area contributed by atoms with Crippen LogP contribution in [0, 0.1) is 5.82 Å². The van der Waals surface area contributed by atoms with E-state index in [1.165, 1.54) is 16.8 Å². The van der Waals surface area contributed by atoms with E-state index >= 15 is 0 Å². The Morgan fingerprint density at radius 3 is 3.14 bits per heavy atom. The van der Waals surface area contributed by atoms with Crippen molar-refractivity contribution in [1.82, 2.24) is 24.9 Å². The number of amides is 1. The number of carbonyl (C=O) groups excluding carboxylic acids is 1. The van der Waals surface area contributed by atoms with Gasteiger partial charge in [0.1, 0.15) is 18.0 Å². The van der Waals surface area contributed by atoms with Gasteiger partial charge in [-0.25, -0.2) is 23.9 Å². The minimum absolute atomic E-state index is 0.181. The third-order valence-electron chi connectivity index (χ3n) is 4.78. The maximum Gasteiger partial charge on any atom is 0.257 e. The average Bonchev–Trinajstić information content (AvgIpc) is 3.32. The van der Waals surface area contributed by atoms with E-state index in [2.05, 4.69) is 20.4 Å². The number of ether oxygens (including phenoxy) is 1. The van der Waals surface area contributed by atoms with Gasteiger partial charge in [-0.1, -0.05) is 0 Å². The van der Waals surface area contributed by atoms with E-state index in [1.54, 1.807) is 17.3 Å². The number of fused-ring (bicyclic) bond motifs is 5. The highest BCUT2D eigenvalue weighted by Crippen LogP contribution is 2.38. The summed E-state index contributed by atoms with van der Waals surface area (Å²) in [6, 6.07) is 2.51. The second-order valence-electron chi connectivity index (χ2n) is 6.81. The number of nitrogens with one attached hydrogen (secondary N) is 1. The number of anilines is 1. The summed E-state index contributed by atoms with van der Waals surface area (Å²) in [6.07, 6.45) is 4.91. The van der Waals surface area contributed by atoms with Crippen LogP contribution in [0.5, 0.6) is 5.88 Å². The van der Waals surface area contributed by atoms with Crippen LogP contribution in [0.25, 0.3) is 5.65 Å². The highest BCUT2D eigenvalue weighted by Gasteiger charge is 2.33. The molecule has 3 aromatic heterocycles. The second-order valence-corrected chi connectivity index (χ2v) is 6.81. The lowest BCUT2D eigenvalue weighted by molar-refractivity contribution is 0.0927. The molecule has 2 aliphatic heterocycles. The lowest BCUT2D eigenvalue weighted by Crippen LogP contribution is -2.37. The normalized spacial score (nSPS) is 21.9. The number of halogens is 1. The molecule has 1 saturated heterocycles. The van der Waals surface area contributed by atoms with Gasteiger partial charge in [-0.3, -0.25) is 9.63 Å². The fourth-order valence-electron chi connectivity index (χ4n) is 3.47. The summed E-state index contributed by atoms with van der Waals surface area (Å²) in [6.45, 7) is 2.44. The van der Waals surface area contributed by atoms with Crippen LogP contribution in [0.2, 0.25) is 0 Å². The fraction of sp³-hybridized carbons (Fsp3) is 0.333. The number of hydrogen-bond acceptors (Lipinski definition) is 7. The lowest BCUT2D eigenvalue weighted by atomic mass is 10.1. The van der Waals surface area contributed by atoms with Gasteiger partial charge in [0.25, 0.3) is 5.91 Å². The Bertz CT molecular complexity index is 1070. The van der Waals surface area contributed by atoms with Crippen molar-refractivity contribution in [2.45, 2.75) is 25.4 Å². The van der Waals surface area contributed by atoms with Crippen LogP contribution in [0.4, 0.5) is 10.2 Å². The first-order chi connectivity index (χ1) is 13.6. The van der Waals surface area contributed by atoms with Crippen molar-refractivity contribution in [3.63, 3.8) is 0 Å². The second kappa shape index (κ2) is 6.41. The van der Waals surface area contributed by atoms with Crippen molar-refractivity contribution in [1.29, 1.82) is 0 Å². The van der Waals surface area contributed by atoms with Crippen molar-refractivity contribution < 1.29 is 18.8 Å². The van der Waals surface area contributed by atoms with Gasteiger partial charge in [-0.05, 0) is 13.0 Å². The smallest absolute Gasteiger partial charge is 0.257 e. The van der Waals surface area contributed by atoms with E-state index in [1.807, 2.05) is 6.92 Å². The maximum absolute atomic E-state index is 14.0. The number of hydrogen-bond donors (Lipinski definition) is 1. The largest absolute Gasteiger partial charge is 0.475 e. The molecule has 144 valence electrons. The van der Waals surface area contributed by atoms with Crippen LogP contribution in [-0.2, 0) is 4.84 Å². The highest BCUT2D eigenvalue weighted by atomic mass is 19.1. The molecule has 1 fully saturated rings. The molecule has 0 aliphatic carbocycles. The molecule has 5 heterocycles. The highest BCUT2D eigenvalue weighted by molar-refractivity contribution is 5.99. The summed E-state index contributed by atoms with van der Waals surface area (Å²) in [7, 11) is 0. The van der Waals surface area contributed by atoms with Gasteiger partial charge in [-0.15, -0.1) is 0 Å². The Morgan fingerprint density at radius 1 is 1.36 bits per heavy atom. The minimum Gasteiger partial charge on any atom is -0.475 e. The first kappa shape index (κ1) is 16.9. The molecule has 2 bridgehead atoms. The molecule has 0 aromatic carbocycles. The van der Waals surface area contributed by atoms with Crippen molar-refractivity contribution in [3.8, 4) is 5.88 Å².